The number of nitrogens with one attached hydrogen (secondary N) is 1. The van der Waals surface area contributed by atoms with Crippen molar-refractivity contribution in [3.05, 3.63) is 46.2 Å². The Bertz CT molecular complexity index is 467. The van der Waals surface area contributed by atoms with Gasteiger partial charge in [0.15, 0.2) is 0 Å². The molecule has 0 aliphatic rings. The minimum atomic E-state index is 0.326. The number of hydrogen-bond donors (Lipinski definition) is 1. The number of rotatable bonds is 6. The van der Waals surface area contributed by atoms with Crippen LogP contribution in [0, 0.1) is 6.92 Å². The van der Waals surface area contributed by atoms with E-state index in [0.29, 0.717) is 6.04 Å². The smallest absolute Gasteiger partial charge is 0.0798 e. The number of nitrogens with zero attached hydrogens (tertiary/aromatic N) is 2. The lowest BCUT2D eigenvalue weighted by Crippen LogP contribution is -2.24. The second kappa shape index (κ2) is 6.61. The van der Waals surface area contributed by atoms with Gasteiger partial charge in [-0.05, 0) is 32.0 Å². The van der Waals surface area contributed by atoms with E-state index in [1.54, 1.807) is 11.3 Å². The van der Waals surface area contributed by atoms with Crippen LogP contribution in [0.3, 0.4) is 0 Å². The first kappa shape index (κ1) is 13.2. The zero-order valence-corrected chi connectivity index (χ0v) is 11.7. The van der Waals surface area contributed by atoms with Crippen LogP contribution in [0.4, 0.5) is 0 Å². The van der Waals surface area contributed by atoms with E-state index in [9.17, 15) is 0 Å². The minimum absolute atomic E-state index is 0.326. The molecule has 2 aromatic heterocycles. The maximum absolute atomic E-state index is 4.41. The van der Waals surface area contributed by atoms with Crippen molar-refractivity contribution in [1.29, 1.82) is 0 Å². The van der Waals surface area contributed by atoms with Gasteiger partial charge >= 0.3 is 0 Å². The van der Waals surface area contributed by atoms with Crippen LogP contribution in [-0.4, -0.2) is 16.5 Å². The quantitative estimate of drug-likeness (QED) is 0.868. The van der Waals surface area contributed by atoms with Crippen LogP contribution < -0.4 is 5.32 Å². The van der Waals surface area contributed by atoms with Gasteiger partial charge in [0.25, 0.3) is 0 Å². The predicted molar refractivity (Wildman–Crippen MR) is 75.8 cm³/mol. The van der Waals surface area contributed by atoms with Crippen LogP contribution in [-0.2, 0) is 6.42 Å². The molecule has 0 saturated heterocycles. The molecule has 0 fully saturated rings. The second-order valence-corrected chi connectivity index (χ2v) is 5.22. The van der Waals surface area contributed by atoms with Gasteiger partial charge in [-0.2, -0.15) is 0 Å². The Labute approximate surface area is 112 Å². The molecule has 1 atom stereocenters. The van der Waals surface area contributed by atoms with Crippen LogP contribution in [0.15, 0.2) is 29.9 Å². The first-order valence-corrected chi connectivity index (χ1v) is 7.22. The number of aromatic nitrogens is 2. The molecule has 3 nitrogen and oxygen atoms in total. The van der Waals surface area contributed by atoms with E-state index in [2.05, 4.69) is 35.2 Å². The lowest BCUT2D eigenvalue weighted by atomic mass is 10.1. The molecule has 0 saturated carbocycles. The molecule has 2 aromatic rings. The maximum Gasteiger partial charge on any atom is 0.0798 e. The van der Waals surface area contributed by atoms with Crippen molar-refractivity contribution >= 4 is 11.3 Å². The third-order valence-electron chi connectivity index (χ3n) is 2.88. The molecule has 0 radical (unpaired) electrons. The zero-order chi connectivity index (χ0) is 12.8. The second-order valence-electron chi connectivity index (χ2n) is 4.33. The standard InChI is InChI=1S/C14H19N3S/c1-3-7-16-13(14-11(2)17-10-18-14)9-12-6-4-5-8-15-12/h4-6,8,10,13,16H,3,7,9H2,1-2H3. The van der Waals surface area contributed by atoms with Crippen molar-refractivity contribution in [1.82, 2.24) is 15.3 Å². The van der Waals surface area contributed by atoms with Gasteiger partial charge in [0.2, 0.25) is 0 Å². The molecular formula is C14H19N3S. The molecule has 0 aliphatic heterocycles. The Balaban J connectivity index is 2.13. The Hall–Kier alpha value is -1.26. The Morgan fingerprint density at radius 3 is 2.83 bits per heavy atom. The third-order valence-corrected chi connectivity index (χ3v) is 3.92. The number of thiazole rings is 1. The van der Waals surface area contributed by atoms with Crippen LogP contribution >= 0.6 is 11.3 Å². The minimum Gasteiger partial charge on any atom is -0.309 e. The predicted octanol–water partition coefficient (Wildman–Crippen LogP) is 3.13. The van der Waals surface area contributed by atoms with Crippen LogP contribution in [0.25, 0.3) is 0 Å². The van der Waals surface area contributed by atoms with E-state index in [1.165, 1.54) is 4.88 Å². The molecule has 2 rings (SSSR count). The largest absolute Gasteiger partial charge is 0.309 e. The van der Waals surface area contributed by atoms with Crippen molar-refractivity contribution in [2.45, 2.75) is 32.7 Å². The highest BCUT2D eigenvalue weighted by Gasteiger charge is 2.16. The van der Waals surface area contributed by atoms with Crippen molar-refractivity contribution in [3.8, 4) is 0 Å². The monoisotopic (exact) mass is 261 g/mol. The topological polar surface area (TPSA) is 37.8 Å². The summed E-state index contributed by atoms with van der Waals surface area (Å²) >= 11 is 1.73. The van der Waals surface area contributed by atoms with Gasteiger partial charge in [-0.3, -0.25) is 4.98 Å². The molecule has 18 heavy (non-hydrogen) atoms. The zero-order valence-electron chi connectivity index (χ0n) is 10.9. The Kier molecular flexibility index (Phi) is 4.84. The van der Waals surface area contributed by atoms with Gasteiger partial charge in [-0.15, -0.1) is 11.3 Å². The van der Waals surface area contributed by atoms with E-state index in [-0.39, 0.29) is 0 Å². The molecule has 1 N–H and O–H groups in total. The molecule has 0 aliphatic carbocycles. The van der Waals surface area contributed by atoms with Crippen LogP contribution in [0.2, 0.25) is 0 Å². The number of pyridine rings is 1. The maximum atomic E-state index is 4.41. The van der Waals surface area contributed by atoms with E-state index in [1.807, 2.05) is 23.8 Å². The van der Waals surface area contributed by atoms with Gasteiger partial charge in [-0.1, -0.05) is 13.0 Å². The third kappa shape index (κ3) is 3.37. The number of hydrogen-bond acceptors (Lipinski definition) is 4. The van der Waals surface area contributed by atoms with Crippen molar-refractivity contribution in [2.24, 2.45) is 0 Å². The van der Waals surface area contributed by atoms with E-state index in [0.717, 1.165) is 30.8 Å². The van der Waals surface area contributed by atoms with E-state index >= 15 is 0 Å². The van der Waals surface area contributed by atoms with Crippen LogP contribution in [0.5, 0.6) is 0 Å². The summed E-state index contributed by atoms with van der Waals surface area (Å²) in [6.45, 7) is 5.28. The fraction of sp³-hybridized carbons (Fsp3) is 0.429. The average Bonchev–Trinajstić information content (AvgIpc) is 2.82. The Morgan fingerprint density at radius 2 is 2.22 bits per heavy atom. The van der Waals surface area contributed by atoms with Crippen molar-refractivity contribution in [2.75, 3.05) is 6.54 Å². The van der Waals surface area contributed by atoms with Crippen LogP contribution in [0.1, 0.15) is 35.7 Å². The highest BCUT2D eigenvalue weighted by Crippen LogP contribution is 2.24. The van der Waals surface area contributed by atoms with Gasteiger partial charge < -0.3 is 5.32 Å². The van der Waals surface area contributed by atoms with Gasteiger partial charge in [-0.25, -0.2) is 4.98 Å². The highest BCUT2D eigenvalue weighted by molar-refractivity contribution is 7.09. The normalized spacial score (nSPS) is 12.6. The summed E-state index contributed by atoms with van der Waals surface area (Å²) in [6, 6.07) is 6.40. The van der Waals surface area contributed by atoms with E-state index < -0.39 is 0 Å². The summed E-state index contributed by atoms with van der Waals surface area (Å²) in [6.07, 6.45) is 3.91. The molecule has 2 heterocycles. The van der Waals surface area contributed by atoms with E-state index in [4.69, 9.17) is 0 Å². The Morgan fingerprint density at radius 1 is 1.33 bits per heavy atom. The molecule has 1 unspecified atom stereocenters. The lowest BCUT2D eigenvalue weighted by molar-refractivity contribution is 0.529. The van der Waals surface area contributed by atoms with Crippen molar-refractivity contribution in [3.63, 3.8) is 0 Å². The molecule has 0 spiro atoms. The molecule has 0 aromatic carbocycles. The molecular weight excluding hydrogens is 242 g/mol. The molecule has 0 bridgehead atoms. The highest BCUT2D eigenvalue weighted by atomic mass is 32.1. The fourth-order valence-electron chi connectivity index (χ4n) is 1.95. The lowest BCUT2D eigenvalue weighted by Gasteiger charge is -2.17. The summed E-state index contributed by atoms with van der Waals surface area (Å²) in [7, 11) is 0. The van der Waals surface area contributed by atoms with Crippen molar-refractivity contribution < 1.29 is 0 Å². The summed E-state index contributed by atoms with van der Waals surface area (Å²) in [5.74, 6) is 0. The molecule has 4 heteroatoms. The summed E-state index contributed by atoms with van der Waals surface area (Å²) in [4.78, 5) is 10.1. The average molecular weight is 261 g/mol. The number of aryl methyl sites for hydroxylation is 1. The molecule has 96 valence electrons. The fourth-order valence-corrected chi connectivity index (χ4v) is 2.83. The molecule has 0 amide bonds. The SMILES string of the molecule is CCCNC(Cc1ccccn1)c1scnc1C. The van der Waals surface area contributed by atoms with Gasteiger partial charge in [0.05, 0.1) is 11.2 Å². The van der Waals surface area contributed by atoms with Gasteiger partial charge in [0, 0.05) is 29.2 Å². The van der Waals surface area contributed by atoms with Gasteiger partial charge in [0.1, 0.15) is 0 Å². The summed E-state index contributed by atoms with van der Waals surface area (Å²) in [5, 5.41) is 3.59. The summed E-state index contributed by atoms with van der Waals surface area (Å²) in [5.41, 5.74) is 4.17. The summed E-state index contributed by atoms with van der Waals surface area (Å²) < 4.78 is 0. The first-order chi connectivity index (χ1) is 8.81. The first-order valence-electron chi connectivity index (χ1n) is 6.34.